The Labute approximate surface area is 173 Å². The Morgan fingerprint density at radius 3 is 2.52 bits per heavy atom. The minimum atomic E-state index is -0.292. The fourth-order valence-electron chi connectivity index (χ4n) is 3.87. The van der Waals surface area contributed by atoms with Crippen molar-refractivity contribution in [1.82, 2.24) is 14.9 Å². The van der Waals surface area contributed by atoms with Gasteiger partial charge < -0.3 is 9.80 Å². The lowest BCUT2D eigenvalue weighted by Crippen LogP contribution is -2.49. The van der Waals surface area contributed by atoms with E-state index in [0.717, 1.165) is 55.8 Å². The maximum atomic E-state index is 13.7. The SMILES string of the molecule is CCCCCC(=O)N1CCN(c2nc(-c3cccc(F)c3)nc(C)c2CC)CC1. The van der Waals surface area contributed by atoms with E-state index < -0.39 is 0 Å². The molecule has 5 nitrogen and oxygen atoms in total. The number of nitrogens with zero attached hydrogens (tertiary/aromatic N) is 4. The Morgan fingerprint density at radius 2 is 1.86 bits per heavy atom. The number of carbonyl (C=O) groups excluding carboxylic acids is 1. The average Bonchev–Trinajstić information content (AvgIpc) is 2.73. The minimum Gasteiger partial charge on any atom is -0.353 e. The summed E-state index contributed by atoms with van der Waals surface area (Å²) < 4.78 is 13.7. The fourth-order valence-corrected chi connectivity index (χ4v) is 3.87. The van der Waals surface area contributed by atoms with Crippen molar-refractivity contribution >= 4 is 11.7 Å². The second-order valence-corrected chi connectivity index (χ2v) is 7.62. The van der Waals surface area contributed by atoms with Crippen LogP contribution in [0.4, 0.5) is 10.2 Å². The van der Waals surface area contributed by atoms with Crippen molar-refractivity contribution in [3.05, 3.63) is 41.3 Å². The molecule has 0 N–H and O–H groups in total. The summed E-state index contributed by atoms with van der Waals surface area (Å²) in [5, 5.41) is 0. The summed E-state index contributed by atoms with van der Waals surface area (Å²) >= 11 is 0. The molecule has 156 valence electrons. The third-order valence-electron chi connectivity index (χ3n) is 5.55. The van der Waals surface area contributed by atoms with Crippen LogP contribution in [0.25, 0.3) is 11.4 Å². The molecule has 0 unspecified atom stereocenters. The van der Waals surface area contributed by atoms with Gasteiger partial charge in [-0.25, -0.2) is 14.4 Å². The van der Waals surface area contributed by atoms with Crippen molar-refractivity contribution in [1.29, 1.82) is 0 Å². The van der Waals surface area contributed by atoms with Gasteiger partial charge in [0, 0.05) is 49.4 Å². The zero-order chi connectivity index (χ0) is 20.8. The molecule has 0 atom stereocenters. The van der Waals surface area contributed by atoms with Crippen molar-refractivity contribution in [3.8, 4) is 11.4 Å². The van der Waals surface area contributed by atoms with Crippen LogP contribution in [0.2, 0.25) is 0 Å². The third-order valence-corrected chi connectivity index (χ3v) is 5.55. The molecule has 1 fully saturated rings. The lowest BCUT2D eigenvalue weighted by molar-refractivity contribution is -0.131. The molecule has 1 amide bonds. The molecule has 1 saturated heterocycles. The van der Waals surface area contributed by atoms with Crippen molar-refractivity contribution in [3.63, 3.8) is 0 Å². The number of piperazine rings is 1. The first-order valence-corrected chi connectivity index (χ1v) is 10.7. The number of aryl methyl sites for hydroxylation is 1. The lowest BCUT2D eigenvalue weighted by atomic mass is 10.1. The van der Waals surface area contributed by atoms with Crippen molar-refractivity contribution in [2.75, 3.05) is 31.1 Å². The lowest BCUT2D eigenvalue weighted by Gasteiger charge is -2.36. The topological polar surface area (TPSA) is 49.3 Å². The maximum absolute atomic E-state index is 13.7. The number of halogens is 1. The molecule has 6 heteroatoms. The largest absolute Gasteiger partial charge is 0.353 e. The first-order chi connectivity index (χ1) is 14.0. The number of benzene rings is 1. The second-order valence-electron chi connectivity index (χ2n) is 7.62. The van der Waals surface area contributed by atoms with Crippen LogP contribution in [-0.4, -0.2) is 47.0 Å². The van der Waals surface area contributed by atoms with Crippen LogP contribution in [0, 0.1) is 12.7 Å². The van der Waals surface area contributed by atoms with Gasteiger partial charge in [0.1, 0.15) is 11.6 Å². The Balaban J connectivity index is 1.77. The van der Waals surface area contributed by atoms with Crippen LogP contribution >= 0.6 is 0 Å². The number of hydrogen-bond donors (Lipinski definition) is 0. The Kier molecular flexibility index (Phi) is 7.18. The first-order valence-electron chi connectivity index (χ1n) is 10.7. The van der Waals surface area contributed by atoms with E-state index in [9.17, 15) is 9.18 Å². The van der Waals surface area contributed by atoms with E-state index >= 15 is 0 Å². The number of hydrogen-bond acceptors (Lipinski definition) is 4. The molecule has 29 heavy (non-hydrogen) atoms. The quantitative estimate of drug-likeness (QED) is 0.650. The molecule has 3 rings (SSSR count). The maximum Gasteiger partial charge on any atom is 0.222 e. The summed E-state index contributed by atoms with van der Waals surface area (Å²) in [6, 6.07) is 6.41. The predicted molar refractivity (Wildman–Crippen MR) is 114 cm³/mol. The van der Waals surface area contributed by atoms with Gasteiger partial charge in [0.2, 0.25) is 5.91 Å². The zero-order valence-electron chi connectivity index (χ0n) is 17.7. The van der Waals surface area contributed by atoms with Gasteiger partial charge in [0.05, 0.1) is 0 Å². The zero-order valence-corrected chi connectivity index (χ0v) is 17.7. The molecule has 1 aliphatic heterocycles. The molecule has 1 aromatic carbocycles. The monoisotopic (exact) mass is 398 g/mol. The van der Waals surface area contributed by atoms with Crippen LogP contribution < -0.4 is 4.90 Å². The summed E-state index contributed by atoms with van der Waals surface area (Å²) in [5.41, 5.74) is 2.73. The highest BCUT2D eigenvalue weighted by atomic mass is 19.1. The van der Waals surface area contributed by atoms with Gasteiger partial charge in [-0.2, -0.15) is 0 Å². The summed E-state index contributed by atoms with van der Waals surface area (Å²) in [6.07, 6.45) is 4.68. The van der Waals surface area contributed by atoms with Gasteiger partial charge in [0.15, 0.2) is 5.82 Å². The summed E-state index contributed by atoms with van der Waals surface area (Å²) in [5.74, 6) is 1.43. The van der Waals surface area contributed by atoms with Crippen LogP contribution in [0.15, 0.2) is 24.3 Å². The fraction of sp³-hybridized carbons (Fsp3) is 0.522. The average molecular weight is 399 g/mol. The Hall–Kier alpha value is -2.50. The van der Waals surface area contributed by atoms with E-state index in [4.69, 9.17) is 4.98 Å². The first kappa shape index (κ1) is 21.2. The van der Waals surface area contributed by atoms with E-state index in [0.29, 0.717) is 30.9 Å². The van der Waals surface area contributed by atoms with Gasteiger partial charge in [-0.05, 0) is 31.9 Å². The normalized spacial score (nSPS) is 14.3. The number of unbranched alkanes of at least 4 members (excludes halogenated alkanes) is 2. The summed E-state index contributed by atoms with van der Waals surface area (Å²) in [6.45, 7) is 9.18. The minimum absolute atomic E-state index is 0.258. The molecular weight excluding hydrogens is 367 g/mol. The number of amides is 1. The Bertz CT molecular complexity index is 847. The Morgan fingerprint density at radius 1 is 1.10 bits per heavy atom. The van der Waals surface area contributed by atoms with Crippen molar-refractivity contribution in [2.45, 2.75) is 52.9 Å². The van der Waals surface area contributed by atoms with E-state index in [2.05, 4.69) is 23.7 Å². The number of carbonyl (C=O) groups is 1. The standard InChI is InChI=1S/C23H31FN4O/c1-4-6-7-11-21(29)27-12-14-28(15-13-27)23-20(5-2)17(3)25-22(26-23)18-9-8-10-19(24)16-18/h8-10,16H,4-7,11-15H2,1-3H3. The molecule has 1 aromatic heterocycles. The van der Waals surface area contributed by atoms with Crippen molar-refractivity contribution in [2.24, 2.45) is 0 Å². The molecular formula is C23H31FN4O. The molecule has 0 saturated carbocycles. The highest BCUT2D eigenvalue weighted by Gasteiger charge is 2.24. The van der Waals surface area contributed by atoms with E-state index in [1.807, 2.05) is 17.9 Å². The smallest absolute Gasteiger partial charge is 0.222 e. The highest BCUT2D eigenvalue weighted by molar-refractivity contribution is 5.76. The number of anilines is 1. The van der Waals surface area contributed by atoms with Crippen LogP contribution in [0.5, 0.6) is 0 Å². The van der Waals surface area contributed by atoms with E-state index in [-0.39, 0.29) is 11.7 Å². The third kappa shape index (κ3) is 5.11. The molecule has 0 bridgehead atoms. The summed E-state index contributed by atoms with van der Waals surface area (Å²) in [7, 11) is 0. The van der Waals surface area contributed by atoms with Gasteiger partial charge in [-0.3, -0.25) is 4.79 Å². The summed E-state index contributed by atoms with van der Waals surface area (Å²) in [4.78, 5) is 26.1. The molecule has 2 aromatic rings. The van der Waals surface area contributed by atoms with Gasteiger partial charge in [-0.15, -0.1) is 0 Å². The molecule has 0 radical (unpaired) electrons. The van der Waals surface area contributed by atoms with Gasteiger partial charge in [0.25, 0.3) is 0 Å². The van der Waals surface area contributed by atoms with Crippen LogP contribution in [0.3, 0.4) is 0 Å². The molecule has 2 heterocycles. The van der Waals surface area contributed by atoms with E-state index in [1.54, 1.807) is 6.07 Å². The highest BCUT2D eigenvalue weighted by Crippen LogP contribution is 2.27. The van der Waals surface area contributed by atoms with Gasteiger partial charge in [-0.1, -0.05) is 38.8 Å². The van der Waals surface area contributed by atoms with Gasteiger partial charge >= 0.3 is 0 Å². The predicted octanol–water partition coefficient (Wildman–Crippen LogP) is 4.38. The van der Waals surface area contributed by atoms with Crippen LogP contribution in [-0.2, 0) is 11.2 Å². The molecule has 0 aliphatic carbocycles. The van der Waals surface area contributed by atoms with Crippen molar-refractivity contribution < 1.29 is 9.18 Å². The van der Waals surface area contributed by atoms with Crippen LogP contribution in [0.1, 0.15) is 50.8 Å². The number of rotatable bonds is 7. The van der Waals surface area contributed by atoms with E-state index in [1.165, 1.54) is 12.1 Å². The second kappa shape index (κ2) is 9.81. The molecule has 0 spiro atoms. The number of aromatic nitrogens is 2. The molecule has 1 aliphatic rings.